The van der Waals surface area contributed by atoms with Gasteiger partial charge in [0.1, 0.15) is 5.69 Å². The van der Waals surface area contributed by atoms with E-state index >= 15 is 0 Å². The molecule has 0 fully saturated rings. The lowest BCUT2D eigenvalue weighted by Crippen LogP contribution is -2.08. The normalized spacial score (nSPS) is 12.8. The van der Waals surface area contributed by atoms with Crippen molar-refractivity contribution in [3.05, 3.63) is 39.6 Å². The second-order valence-corrected chi connectivity index (χ2v) is 5.07. The Hall–Kier alpha value is -1.20. The van der Waals surface area contributed by atoms with Crippen LogP contribution in [-0.4, -0.2) is 15.0 Å². The molecule has 4 nitrogen and oxygen atoms in total. The van der Waals surface area contributed by atoms with Gasteiger partial charge in [-0.3, -0.25) is 0 Å². The Morgan fingerprint density at radius 1 is 1.35 bits per heavy atom. The van der Waals surface area contributed by atoms with Crippen molar-refractivity contribution in [2.45, 2.75) is 26.8 Å². The molecule has 2 N–H and O–H groups in total. The fraction of sp³-hybridized carbons (Fsp3) is 0.333. The lowest BCUT2D eigenvalue weighted by Gasteiger charge is -2.08. The van der Waals surface area contributed by atoms with Crippen LogP contribution < -0.4 is 5.73 Å². The van der Waals surface area contributed by atoms with E-state index in [0.29, 0.717) is 0 Å². The van der Waals surface area contributed by atoms with Crippen molar-refractivity contribution in [3.8, 4) is 5.69 Å². The number of nitrogens with two attached hydrogens (primary N) is 1. The fourth-order valence-corrected chi connectivity index (χ4v) is 2.19. The Bertz CT molecular complexity index is 545. The average molecular weight is 295 g/mol. The lowest BCUT2D eigenvalue weighted by atomic mass is 10.2. The van der Waals surface area contributed by atoms with Gasteiger partial charge in [-0.2, -0.15) is 0 Å². The van der Waals surface area contributed by atoms with Gasteiger partial charge in [0.15, 0.2) is 0 Å². The summed E-state index contributed by atoms with van der Waals surface area (Å²) < 4.78 is 2.81. The van der Waals surface area contributed by atoms with Gasteiger partial charge in [-0.15, -0.1) is 5.10 Å². The zero-order chi connectivity index (χ0) is 12.6. The van der Waals surface area contributed by atoms with Gasteiger partial charge in [-0.1, -0.05) is 11.3 Å². The van der Waals surface area contributed by atoms with Gasteiger partial charge in [-0.25, -0.2) is 4.68 Å². The van der Waals surface area contributed by atoms with Crippen LogP contribution in [0.3, 0.4) is 0 Å². The minimum atomic E-state index is -0.104. The highest BCUT2D eigenvalue weighted by atomic mass is 79.9. The van der Waals surface area contributed by atoms with E-state index in [0.717, 1.165) is 21.5 Å². The van der Waals surface area contributed by atoms with E-state index in [1.165, 1.54) is 5.56 Å². The van der Waals surface area contributed by atoms with Gasteiger partial charge < -0.3 is 5.73 Å². The maximum Gasteiger partial charge on any atom is 0.102 e. The van der Waals surface area contributed by atoms with Crippen LogP contribution in [0.15, 0.2) is 22.7 Å². The van der Waals surface area contributed by atoms with Crippen LogP contribution in [0.4, 0.5) is 0 Å². The van der Waals surface area contributed by atoms with Crippen molar-refractivity contribution in [3.63, 3.8) is 0 Å². The molecule has 0 amide bonds. The number of benzene rings is 1. The molecule has 1 heterocycles. The number of nitrogens with zero attached hydrogens (tertiary/aromatic N) is 3. The monoisotopic (exact) mass is 294 g/mol. The molecule has 0 aliphatic carbocycles. The SMILES string of the molecule is Cc1ccc(Br)c(-n2nnc(C(C)N)c2C)c1. The van der Waals surface area contributed by atoms with Crippen molar-refractivity contribution in [2.75, 3.05) is 0 Å². The summed E-state index contributed by atoms with van der Waals surface area (Å²) in [5, 5.41) is 8.30. The summed E-state index contributed by atoms with van der Waals surface area (Å²) in [6, 6.07) is 6.02. The van der Waals surface area contributed by atoms with E-state index in [1.54, 1.807) is 0 Å². The summed E-state index contributed by atoms with van der Waals surface area (Å²) in [4.78, 5) is 0. The maximum absolute atomic E-state index is 5.85. The molecular formula is C12H15BrN4. The predicted molar refractivity (Wildman–Crippen MR) is 71.1 cm³/mol. The highest BCUT2D eigenvalue weighted by molar-refractivity contribution is 9.10. The number of hydrogen-bond donors (Lipinski definition) is 1. The van der Waals surface area contributed by atoms with E-state index < -0.39 is 0 Å². The largest absolute Gasteiger partial charge is 0.323 e. The Morgan fingerprint density at radius 3 is 2.65 bits per heavy atom. The molecule has 5 heteroatoms. The van der Waals surface area contributed by atoms with E-state index in [2.05, 4.69) is 39.2 Å². The zero-order valence-electron chi connectivity index (χ0n) is 10.1. The first kappa shape index (κ1) is 12.3. The topological polar surface area (TPSA) is 56.7 Å². The van der Waals surface area contributed by atoms with E-state index in [1.807, 2.05) is 30.7 Å². The highest BCUT2D eigenvalue weighted by Gasteiger charge is 2.14. The molecule has 2 aromatic rings. The minimum absolute atomic E-state index is 0.104. The number of hydrogen-bond acceptors (Lipinski definition) is 3. The average Bonchev–Trinajstić information content (AvgIpc) is 2.64. The molecule has 0 radical (unpaired) electrons. The third-order valence-corrected chi connectivity index (χ3v) is 3.36. The first-order valence-electron chi connectivity index (χ1n) is 5.45. The summed E-state index contributed by atoms with van der Waals surface area (Å²) in [5.41, 5.74) is 9.83. The van der Waals surface area contributed by atoms with Gasteiger partial charge >= 0.3 is 0 Å². The molecule has 90 valence electrons. The second kappa shape index (κ2) is 4.58. The van der Waals surface area contributed by atoms with Crippen molar-refractivity contribution in [1.29, 1.82) is 0 Å². The van der Waals surface area contributed by atoms with Crippen molar-refractivity contribution in [2.24, 2.45) is 5.73 Å². The zero-order valence-corrected chi connectivity index (χ0v) is 11.7. The molecular weight excluding hydrogens is 280 g/mol. The van der Waals surface area contributed by atoms with Crippen LogP contribution in [0, 0.1) is 13.8 Å². The third-order valence-electron chi connectivity index (χ3n) is 2.69. The summed E-state index contributed by atoms with van der Waals surface area (Å²) >= 11 is 3.53. The summed E-state index contributed by atoms with van der Waals surface area (Å²) in [5.74, 6) is 0. The molecule has 0 spiro atoms. The highest BCUT2D eigenvalue weighted by Crippen LogP contribution is 2.24. The van der Waals surface area contributed by atoms with Gasteiger partial charge in [0.25, 0.3) is 0 Å². The van der Waals surface area contributed by atoms with Crippen LogP contribution in [0.2, 0.25) is 0 Å². The summed E-state index contributed by atoms with van der Waals surface area (Å²) in [7, 11) is 0. The second-order valence-electron chi connectivity index (χ2n) is 4.22. The summed E-state index contributed by atoms with van der Waals surface area (Å²) in [6.45, 7) is 5.94. The van der Waals surface area contributed by atoms with Crippen LogP contribution >= 0.6 is 15.9 Å². The predicted octanol–water partition coefficient (Wildman–Crippen LogP) is 2.67. The Kier molecular flexibility index (Phi) is 3.31. The first-order valence-corrected chi connectivity index (χ1v) is 6.24. The third kappa shape index (κ3) is 2.25. The van der Waals surface area contributed by atoms with E-state index in [9.17, 15) is 0 Å². The Labute approximate surface area is 109 Å². The quantitative estimate of drug-likeness (QED) is 0.926. The van der Waals surface area contributed by atoms with Crippen molar-refractivity contribution in [1.82, 2.24) is 15.0 Å². The number of rotatable bonds is 2. The molecule has 0 bridgehead atoms. The van der Waals surface area contributed by atoms with Crippen LogP contribution in [-0.2, 0) is 0 Å². The number of aryl methyl sites for hydroxylation is 1. The summed E-state index contributed by atoms with van der Waals surface area (Å²) in [6.07, 6.45) is 0. The maximum atomic E-state index is 5.85. The smallest absolute Gasteiger partial charge is 0.102 e. The van der Waals surface area contributed by atoms with Gasteiger partial charge in [0.2, 0.25) is 0 Å². The fourth-order valence-electron chi connectivity index (χ4n) is 1.78. The van der Waals surface area contributed by atoms with E-state index in [-0.39, 0.29) is 6.04 Å². The number of halogens is 1. The van der Waals surface area contributed by atoms with Crippen LogP contribution in [0.5, 0.6) is 0 Å². The molecule has 2 rings (SSSR count). The number of aromatic nitrogens is 3. The van der Waals surface area contributed by atoms with Crippen LogP contribution in [0.25, 0.3) is 5.69 Å². The van der Waals surface area contributed by atoms with Gasteiger partial charge in [-0.05, 0) is 54.4 Å². The Balaban J connectivity index is 2.57. The lowest BCUT2D eigenvalue weighted by molar-refractivity contribution is 0.756. The van der Waals surface area contributed by atoms with Gasteiger partial charge in [0.05, 0.1) is 11.4 Å². The molecule has 1 unspecified atom stereocenters. The molecule has 0 saturated carbocycles. The molecule has 17 heavy (non-hydrogen) atoms. The first-order chi connectivity index (χ1) is 8.00. The Morgan fingerprint density at radius 2 is 2.06 bits per heavy atom. The molecule has 1 aromatic carbocycles. The molecule has 1 aromatic heterocycles. The minimum Gasteiger partial charge on any atom is -0.323 e. The molecule has 1 atom stereocenters. The molecule has 0 aliphatic heterocycles. The molecule has 0 saturated heterocycles. The van der Waals surface area contributed by atoms with Crippen LogP contribution in [0.1, 0.15) is 29.9 Å². The standard InChI is InChI=1S/C12H15BrN4/c1-7-4-5-10(13)11(6-7)17-9(3)12(8(2)14)15-16-17/h4-6,8H,14H2,1-3H3. The van der Waals surface area contributed by atoms with Crippen molar-refractivity contribution < 1.29 is 0 Å². The molecule has 0 aliphatic rings. The van der Waals surface area contributed by atoms with Crippen molar-refractivity contribution >= 4 is 15.9 Å². The van der Waals surface area contributed by atoms with Gasteiger partial charge in [0, 0.05) is 10.5 Å². The van der Waals surface area contributed by atoms with E-state index in [4.69, 9.17) is 5.73 Å².